The van der Waals surface area contributed by atoms with Crippen molar-refractivity contribution in [2.24, 2.45) is 0 Å². The van der Waals surface area contributed by atoms with Gasteiger partial charge < -0.3 is 9.64 Å². The Morgan fingerprint density at radius 1 is 1.15 bits per heavy atom. The smallest absolute Gasteiger partial charge is 0.254 e. The molecular weight excluding hydrogens is 338 g/mol. The minimum absolute atomic E-state index is 0.0819. The van der Waals surface area contributed by atoms with E-state index >= 15 is 0 Å². The fourth-order valence-electron chi connectivity index (χ4n) is 3.65. The molecule has 1 atom stereocenters. The van der Waals surface area contributed by atoms with E-state index in [0.717, 1.165) is 36.4 Å². The minimum Gasteiger partial charge on any atom is -0.494 e. The molecule has 1 amide bonds. The van der Waals surface area contributed by atoms with E-state index in [-0.39, 0.29) is 11.9 Å². The molecule has 1 aliphatic heterocycles. The number of hydrogen-bond donors (Lipinski definition) is 0. The molecule has 0 spiro atoms. The van der Waals surface area contributed by atoms with Crippen LogP contribution in [-0.2, 0) is 0 Å². The van der Waals surface area contributed by atoms with Crippen LogP contribution in [-0.4, -0.2) is 33.7 Å². The van der Waals surface area contributed by atoms with E-state index in [1.54, 1.807) is 10.9 Å². The van der Waals surface area contributed by atoms with Gasteiger partial charge in [-0.05, 0) is 67.8 Å². The Bertz CT molecular complexity index is 886. The van der Waals surface area contributed by atoms with E-state index in [0.29, 0.717) is 12.2 Å². The van der Waals surface area contributed by atoms with Gasteiger partial charge in [0.2, 0.25) is 0 Å². The van der Waals surface area contributed by atoms with Crippen LogP contribution in [0.2, 0.25) is 0 Å². The maximum Gasteiger partial charge on any atom is 0.254 e. The maximum absolute atomic E-state index is 13.1. The van der Waals surface area contributed by atoms with Crippen molar-refractivity contribution in [1.29, 1.82) is 0 Å². The van der Waals surface area contributed by atoms with Crippen molar-refractivity contribution in [2.45, 2.75) is 25.8 Å². The normalized spacial score (nSPS) is 16.5. The molecule has 0 aliphatic carbocycles. The molecular formula is C22H23N3O2. The van der Waals surface area contributed by atoms with Gasteiger partial charge in [-0.15, -0.1) is 0 Å². The monoisotopic (exact) mass is 361 g/mol. The summed E-state index contributed by atoms with van der Waals surface area (Å²) in [6, 6.07) is 17.7. The minimum atomic E-state index is 0.0819. The largest absolute Gasteiger partial charge is 0.494 e. The Hall–Kier alpha value is -3.08. The summed E-state index contributed by atoms with van der Waals surface area (Å²) in [6.45, 7) is 3.42. The Kier molecular flexibility index (Phi) is 4.92. The first-order chi connectivity index (χ1) is 13.3. The van der Waals surface area contributed by atoms with E-state index in [1.165, 1.54) is 0 Å². The van der Waals surface area contributed by atoms with Gasteiger partial charge in [0, 0.05) is 24.5 Å². The standard InChI is InChI=1S/C22H23N3O2/c1-2-27-20-12-8-17(9-13-20)21-5-3-15-24(21)22(26)18-6-10-19(11-7-18)25-16-4-14-23-25/h4,6-14,16,21H,2-3,5,15H2,1H3/t21-/m0/s1. The molecule has 4 rings (SSSR count). The quantitative estimate of drug-likeness (QED) is 0.683. The molecule has 0 N–H and O–H groups in total. The van der Waals surface area contributed by atoms with Crippen LogP contribution in [0.25, 0.3) is 5.69 Å². The van der Waals surface area contributed by atoms with Gasteiger partial charge in [-0.25, -0.2) is 4.68 Å². The van der Waals surface area contributed by atoms with Crippen LogP contribution in [0, 0.1) is 0 Å². The molecule has 2 heterocycles. The van der Waals surface area contributed by atoms with Gasteiger partial charge in [0.15, 0.2) is 0 Å². The molecule has 0 unspecified atom stereocenters. The zero-order valence-electron chi connectivity index (χ0n) is 15.4. The van der Waals surface area contributed by atoms with E-state index in [2.05, 4.69) is 17.2 Å². The average Bonchev–Trinajstić information content (AvgIpc) is 3.41. The number of nitrogens with zero attached hydrogens (tertiary/aromatic N) is 3. The van der Waals surface area contributed by atoms with Crippen LogP contribution in [0.3, 0.4) is 0 Å². The molecule has 1 aliphatic rings. The predicted molar refractivity (Wildman–Crippen MR) is 104 cm³/mol. The van der Waals surface area contributed by atoms with Gasteiger partial charge in [-0.1, -0.05) is 12.1 Å². The van der Waals surface area contributed by atoms with E-state index in [1.807, 2.05) is 60.5 Å². The number of aromatic nitrogens is 2. The van der Waals surface area contributed by atoms with Crippen molar-refractivity contribution in [3.63, 3.8) is 0 Å². The third-order valence-corrected chi connectivity index (χ3v) is 4.97. The summed E-state index contributed by atoms with van der Waals surface area (Å²) in [6.07, 6.45) is 5.64. The second-order valence-corrected chi connectivity index (χ2v) is 6.66. The van der Waals surface area contributed by atoms with Crippen LogP contribution in [0.5, 0.6) is 5.75 Å². The van der Waals surface area contributed by atoms with Gasteiger partial charge in [-0.3, -0.25) is 4.79 Å². The number of likely N-dealkylation sites (tertiary alicyclic amines) is 1. The fraction of sp³-hybridized carbons (Fsp3) is 0.273. The SMILES string of the molecule is CCOc1ccc([C@@H]2CCCN2C(=O)c2ccc(-n3cccn3)cc2)cc1. The van der Waals surface area contributed by atoms with E-state index in [4.69, 9.17) is 4.74 Å². The molecule has 5 heteroatoms. The van der Waals surface area contributed by atoms with E-state index in [9.17, 15) is 4.79 Å². The number of hydrogen-bond acceptors (Lipinski definition) is 3. The first-order valence-corrected chi connectivity index (χ1v) is 9.40. The summed E-state index contributed by atoms with van der Waals surface area (Å²) in [5.41, 5.74) is 2.82. The van der Waals surface area contributed by atoms with Crippen molar-refractivity contribution >= 4 is 5.91 Å². The number of rotatable bonds is 5. The highest BCUT2D eigenvalue weighted by Gasteiger charge is 2.30. The molecule has 0 bridgehead atoms. The number of ether oxygens (including phenoxy) is 1. The van der Waals surface area contributed by atoms with Crippen LogP contribution in [0.4, 0.5) is 0 Å². The highest BCUT2D eigenvalue weighted by molar-refractivity contribution is 5.94. The van der Waals surface area contributed by atoms with Crippen LogP contribution >= 0.6 is 0 Å². The van der Waals surface area contributed by atoms with Gasteiger partial charge in [0.25, 0.3) is 5.91 Å². The molecule has 1 fully saturated rings. The molecule has 5 nitrogen and oxygen atoms in total. The molecule has 27 heavy (non-hydrogen) atoms. The molecule has 1 aromatic heterocycles. The van der Waals surface area contributed by atoms with Crippen molar-refractivity contribution < 1.29 is 9.53 Å². The third kappa shape index (κ3) is 3.58. The zero-order chi connectivity index (χ0) is 18.6. The second-order valence-electron chi connectivity index (χ2n) is 6.66. The van der Waals surface area contributed by atoms with Crippen molar-refractivity contribution in [2.75, 3.05) is 13.2 Å². The summed E-state index contributed by atoms with van der Waals surface area (Å²) >= 11 is 0. The van der Waals surface area contributed by atoms with Gasteiger partial charge in [-0.2, -0.15) is 5.10 Å². The Labute approximate surface area is 159 Å². The average molecular weight is 361 g/mol. The number of benzene rings is 2. The third-order valence-electron chi connectivity index (χ3n) is 4.97. The lowest BCUT2D eigenvalue weighted by Crippen LogP contribution is -2.30. The van der Waals surface area contributed by atoms with Crippen LogP contribution < -0.4 is 4.74 Å². The Morgan fingerprint density at radius 2 is 1.93 bits per heavy atom. The summed E-state index contributed by atoms with van der Waals surface area (Å²) in [4.78, 5) is 15.1. The number of carbonyl (C=O) groups excluding carboxylic acids is 1. The molecule has 1 saturated heterocycles. The van der Waals surface area contributed by atoms with Gasteiger partial charge in [0.1, 0.15) is 5.75 Å². The molecule has 2 aromatic carbocycles. The highest BCUT2D eigenvalue weighted by atomic mass is 16.5. The van der Waals surface area contributed by atoms with Gasteiger partial charge in [0.05, 0.1) is 18.3 Å². The molecule has 0 saturated carbocycles. The van der Waals surface area contributed by atoms with Crippen molar-refractivity contribution in [3.8, 4) is 11.4 Å². The molecule has 138 valence electrons. The number of carbonyl (C=O) groups is 1. The maximum atomic E-state index is 13.1. The topological polar surface area (TPSA) is 47.4 Å². The Morgan fingerprint density at radius 3 is 2.59 bits per heavy atom. The van der Waals surface area contributed by atoms with E-state index < -0.39 is 0 Å². The lowest BCUT2D eigenvalue weighted by Gasteiger charge is -2.25. The fourth-order valence-corrected chi connectivity index (χ4v) is 3.65. The zero-order valence-corrected chi connectivity index (χ0v) is 15.4. The first kappa shape index (κ1) is 17.3. The first-order valence-electron chi connectivity index (χ1n) is 9.40. The van der Waals surface area contributed by atoms with Crippen LogP contribution in [0.15, 0.2) is 67.0 Å². The lowest BCUT2D eigenvalue weighted by molar-refractivity contribution is 0.0735. The summed E-state index contributed by atoms with van der Waals surface area (Å²) in [5.74, 6) is 0.949. The second kappa shape index (κ2) is 7.66. The highest BCUT2D eigenvalue weighted by Crippen LogP contribution is 2.34. The predicted octanol–water partition coefficient (Wildman–Crippen LogP) is 4.25. The van der Waals surface area contributed by atoms with Crippen LogP contribution in [0.1, 0.15) is 41.7 Å². The Balaban J connectivity index is 1.52. The van der Waals surface area contributed by atoms with Crippen molar-refractivity contribution in [3.05, 3.63) is 78.1 Å². The lowest BCUT2D eigenvalue weighted by atomic mass is 10.0. The molecule has 3 aromatic rings. The summed E-state index contributed by atoms with van der Waals surface area (Å²) < 4.78 is 7.31. The van der Waals surface area contributed by atoms with Gasteiger partial charge >= 0.3 is 0 Å². The summed E-state index contributed by atoms with van der Waals surface area (Å²) in [5, 5.41) is 4.22. The van der Waals surface area contributed by atoms with Crippen molar-refractivity contribution in [1.82, 2.24) is 14.7 Å². The number of amides is 1. The summed E-state index contributed by atoms with van der Waals surface area (Å²) in [7, 11) is 0. The molecule has 0 radical (unpaired) electrons.